The quantitative estimate of drug-likeness (QED) is 0.355. The number of esters is 1. The van der Waals surface area contributed by atoms with E-state index in [0.29, 0.717) is 0 Å². The monoisotopic (exact) mass is 532 g/mol. The second-order valence-electron chi connectivity index (χ2n) is 7.70. The Bertz CT molecular complexity index is 1410. The van der Waals surface area contributed by atoms with Gasteiger partial charge in [-0.1, -0.05) is 29.8 Å². The molecule has 0 aliphatic carbocycles. The first-order valence-electron chi connectivity index (χ1n) is 10.5. The molecule has 0 fully saturated rings. The maximum atomic E-state index is 12.8. The Morgan fingerprint density at radius 1 is 0.973 bits per heavy atom. The lowest BCUT2D eigenvalue weighted by Crippen LogP contribution is -2.30. The third kappa shape index (κ3) is 5.12. The molecule has 4 rings (SSSR count). The summed E-state index contributed by atoms with van der Waals surface area (Å²) in [5, 5.41) is 2.07. The molecule has 1 heterocycles. The van der Waals surface area contributed by atoms with E-state index >= 15 is 0 Å². The van der Waals surface area contributed by atoms with Crippen LogP contribution in [0.25, 0.3) is 0 Å². The molecule has 0 aromatic heterocycles. The highest BCUT2D eigenvalue weighted by molar-refractivity contribution is 6.40. The van der Waals surface area contributed by atoms with Crippen molar-refractivity contribution in [2.75, 3.05) is 23.9 Å². The number of amides is 3. The first-order valence-corrected chi connectivity index (χ1v) is 10.9. The number of hydrogen-bond donors (Lipinski definition) is 1. The van der Waals surface area contributed by atoms with Crippen molar-refractivity contribution in [3.8, 4) is 5.75 Å². The van der Waals surface area contributed by atoms with Gasteiger partial charge in [-0.25, -0.2) is 9.69 Å². The van der Waals surface area contributed by atoms with Crippen LogP contribution in [0.1, 0.15) is 36.6 Å². The molecule has 3 amide bonds. The molecule has 0 radical (unpaired) electrons. The van der Waals surface area contributed by atoms with Crippen molar-refractivity contribution < 1.29 is 41.8 Å². The topological polar surface area (TPSA) is 102 Å². The molecule has 3 aromatic rings. The highest BCUT2D eigenvalue weighted by Gasteiger charge is 2.38. The molecule has 1 aliphatic heterocycles. The van der Waals surface area contributed by atoms with Crippen molar-refractivity contribution in [3.05, 3.63) is 87.9 Å². The fourth-order valence-corrected chi connectivity index (χ4v) is 3.88. The van der Waals surface area contributed by atoms with Crippen molar-refractivity contribution in [2.45, 2.75) is 6.18 Å². The fourth-order valence-electron chi connectivity index (χ4n) is 3.63. The van der Waals surface area contributed by atoms with Crippen LogP contribution in [0.15, 0.2) is 60.7 Å². The van der Waals surface area contributed by atoms with E-state index in [0.717, 1.165) is 29.2 Å². The normalized spacial score (nSPS) is 12.8. The van der Waals surface area contributed by atoms with Crippen molar-refractivity contribution in [3.63, 3.8) is 0 Å². The maximum absolute atomic E-state index is 12.8. The number of halogens is 4. The highest BCUT2D eigenvalue weighted by atomic mass is 35.5. The number of ether oxygens (including phenoxy) is 2. The third-order valence-corrected chi connectivity index (χ3v) is 5.63. The number of benzene rings is 3. The van der Waals surface area contributed by atoms with Gasteiger partial charge in [-0.05, 0) is 36.4 Å². The van der Waals surface area contributed by atoms with Gasteiger partial charge < -0.3 is 14.8 Å². The van der Waals surface area contributed by atoms with Crippen LogP contribution in [0.3, 0.4) is 0 Å². The largest absolute Gasteiger partial charge is 0.496 e. The molecule has 3 aromatic carbocycles. The van der Waals surface area contributed by atoms with E-state index in [-0.39, 0.29) is 38.8 Å². The van der Waals surface area contributed by atoms with Crippen molar-refractivity contribution in [1.29, 1.82) is 0 Å². The van der Waals surface area contributed by atoms with Crippen LogP contribution in [0, 0.1) is 0 Å². The molecule has 0 atom stereocenters. The number of carbonyl (C=O) groups excluding carboxylic acids is 4. The molecule has 37 heavy (non-hydrogen) atoms. The molecular weight excluding hydrogens is 517 g/mol. The molecule has 0 saturated carbocycles. The van der Waals surface area contributed by atoms with Gasteiger partial charge in [0, 0.05) is 11.8 Å². The van der Waals surface area contributed by atoms with E-state index < -0.39 is 42.0 Å². The minimum atomic E-state index is -4.59. The maximum Gasteiger partial charge on any atom is 0.416 e. The number of hydrogen-bond acceptors (Lipinski definition) is 6. The zero-order chi connectivity index (χ0) is 26.9. The smallest absolute Gasteiger partial charge is 0.416 e. The first kappa shape index (κ1) is 25.7. The molecule has 12 heteroatoms. The van der Waals surface area contributed by atoms with Crippen molar-refractivity contribution in [1.82, 2.24) is 0 Å². The SMILES string of the molecule is COc1cc(N2C(=O)c3ccccc3C2=O)c(Cl)cc1C(=O)OCC(=O)Nc1cccc(C(F)(F)F)c1. The fraction of sp³-hybridized carbons (Fsp3) is 0.120. The molecular formula is C25H16ClF3N2O6. The van der Waals surface area contributed by atoms with Gasteiger partial charge in [0.15, 0.2) is 6.61 Å². The average molecular weight is 533 g/mol. The van der Waals surface area contributed by atoms with Gasteiger partial charge in [0.25, 0.3) is 17.7 Å². The van der Waals surface area contributed by atoms with E-state index in [1.807, 2.05) is 0 Å². The summed E-state index contributed by atoms with van der Waals surface area (Å²) in [4.78, 5) is 51.2. The van der Waals surface area contributed by atoms with Crippen LogP contribution in [0.4, 0.5) is 24.5 Å². The Balaban J connectivity index is 1.49. The zero-order valence-electron chi connectivity index (χ0n) is 18.9. The Hall–Kier alpha value is -4.38. The third-order valence-electron chi connectivity index (χ3n) is 5.33. The Kier molecular flexibility index (Phi) is 6.90. The number of imide groups is 1. The van der Waals surface area contributed by atoms with Gasteiger partial charge in [-0.3, -0.25) is 14.4 Å². The van der Waals surface area contributed by atoms with Gasteiger partial charge in [0.1, 0.15) is 11.3 Å². The van der Waals surface area contributed by atoms with Crippen molar-refractivity contribution >= 4 is 46.7 Å². The lowest BCUT2D eigenvalue weighted by Gasteiger charge is -2.18. The van der Waals surface area contributed by atoms with Gasteiger partial charge >= 0.3 is 12.1 Å². The van der Waals surface area contributed by atoms with E-state index in [9.17, 15) is 32.3 Å². The number of alkyl halides is 3. The number of rotatable bonds is 6. The van der Waals surface area contributed by atoms with Crippen LogP contribution in [-0.2, 0) is 15.7 Å². The molecule has 1 N–H and O–H groups in total. The predicted molar refractivity (Wildman–Crippen MR) is 126 cm³/mol. The van der Waals surface area contributed by atoms with Crippen LogP contribution < -0.4 is 15.0 Å². The number of nitrogens with zero attached hydrogens (tertiary/aromatic N) is 1. The number of methoxy groups -OCH3 is 1. The molecule has 0 spiro atoms. The number of nitrogens with one attached hydrogen (secondary N) is 1. The van der Waals surface area contributed by atoms with Crippen molar-refractivity contribution in [2.24, 2.45) is 0 Å². The first-order chi connectivity index (χ1) is 17.5. The van der Waals surface area contributed by atoms with E-state index in [2.05, 4.69) is 5.32 Å². The van der Waals surface area contributed by atoms with E-state index in [1.165, 1.54) is 31.4 Å². The summed E-state index contributed by atoms with van der Waals surface area (Å²) < 4.78 is 48.7. The number of anilines is 2. The Morgan fingerprint density at radius 3 is 2.22 bits per heavy atom. The molecule has 8 nitrogen and oxygen atoms in total. The van der Waals surface area contributed by atoms with E-state index in [1.54, 1.807) is 12.1 Å². The molecule has 0 saturated heterocycles. The Labute approximate surface area is 212 Å². The van der Waals surface area contributed by atoms with Gasteiger partial charge in [0.05, 0.1) is 34.5 Å². The summed E-state index contributed by atoms with van der Waals surface area (Å²) in [5.74, 6) is -3.23. The zero-order valence-corrected chi connectivity index (χ0v) is 19.6. The molecule has 190 valence electrons. The van der Waals surface area contributed by atoms with Gasteiger partial charge in [-0.2, -0.15) is 13.2 Å². The summed E-state index contributed by atoms with van der Waals surface area (Å²) >= 11 is 6.30. The summed E-state index contributed by atoms with van der Waals surface area (Å²) in [6.07, 6.45) is -4.59. The average Bonchev–Trinajstić information content (AvgIpc) is 3.12. The highest BCUT2D eigenvalue weighted by Crippen LogP contribution is 2.38. The summed E-state index contributed by atoms with van der Waals surface area (Å²) in [6, 6.07) is 12.5. The summed E-state index contributed by atoms with van der Waals surface area (Å²) in [5.41, 5.74) is -0.944. The van der Waals surface area contributed by atoms with Gasteiger partial charge in [-0.15, -0.1) is 0 Å². The van der Waals surface area contributed by atoms with Crippen LogP contribution in [0.5, 0.6) is 5.75 Å². The van der Waals surface area contributed by atoms with E-state index in [4.69, 9.17) is 21.1 Å². The second-order valence-corrected chi connectivity index (χ2v) is 8.11. The predicted octanol–water partition coefficient (Wildman–Crippen LogP) is 4.96. The lowest BCUT2D eigenvalue weighted by atomic mass is 10.1. The van der Waals surface area contributed by atoms with Gasteiger partial charge in [0.2, 0.25) is 0 Å². The second kappa shape index (κ2) is 9.94. The Morgan fingerprint density at radius 2 is 1.62 bits per heavy atom. The minimum Gasteiger partial charge on any atom is -0.496 e. The molecule has 0 bridgehead atoms. The van der Waals surface area contributed by atoms with Crippen LogP contribution in [0.2, 0.25) is 5.02 Å². The number of fused-ring (bicyclic) bond motifs is 1. The standard InChI is InChI=1S/C25H16ClF3N2O6/c1-36-20-11-19(31-22(33)15-7-2-3-8-16(15)23(31)34)18(26)10-17(20)24(35)37-12-21(32)30-14-6-4-5-13(9-14)25(27,28)29/h2-11H,12H2,1H3,(H,30,32). The minimum absolute atomic E-state index is 0.0245. The summed E-state index contributed by atoms with van der Waals surface area (Å²) in [7, 11) is 1.23. The molecule has 0 unspecified atom stereocenters. The molecule has 1 aliphatic rings. The van der Waals surface area contributed by atoms with Crippen LogP contribution in [-0.4, -0.2) is 37.4 Å². The van der Waals surface area contributed by atoms with Crippen LogP contribution >= 0.6 is 11.6 Å². The number of carbonyl (C=O) groups is 4. The summed E-state index contributed by atoms with van der Waals surface area (Å²) in [6.45, 7) is -0.823. The lowest BCUT2D eigenvalue weighted by molar-refractivity contribution is -0.137.